The lowest BCUT2D eigenvalue weighted by atomic mass is 10.1. The maximum Gasteiger partial charge on any atom is 0.186 e. The van der Waals surface area contributed by atoms with Gasteiger partial charge in [-0.1, -0.05) is 34.1 Å². The Morgan fingerprint density at radius 1 is 1.28 bits per heavy atom. The van der Waals surface area contributed by atoms with Gasteiger partial charge in [0.25, 0.3) is 0 Å². The van der Waals surface area contributed by atoms with Crippen LogP contribution in [0.3, 0.4) is 0 Å². The molecule has 0 aliphatic heterocycles. The Balaban J connectivity index is 2.19. The van der Waals surface area contributed by atoms with Crippen molar-refractivity contribution in [2.75, 3.05) is 0 Å². The molecule has 1 heterocycles. The number of aryl methyl sites for hydroxylation is 2. The van der Waals surface area contributed by atoms with Crippen LogP contribution in [0.1, 0.15) is 25.7 Å². The van der Waals surface area contributed by atoms with Crippen molar-refractivity contribution in [2.45, 2.75) is 13.8 Å². The van der Waals surface area contributed by atoms with E-state index in [4.69, 9.17) is 0 Å². The highest BCUT2D eigenvalue weighted by Gasteiger charge is 2.08. The molecule has 2 aromatic rings. The van der Waals surface area contributed by atoms with Gasteiger partial charge in [-0.25, -0.2) is 0 Å². The van der Waals surface area contributed by atoms with Gasteiger partial charge in [0.05, 0.1) is 0 Å². The number of allylic oxidation sites excluding steroid dienone is 1. The van der Waals surface area contributed by atoms with E-state index < -0.39 is 0 Å². The number of ketones is 1. The topological polar surface area (TPSA) is 17.1 Å². The van der Waals surface area contributed by atoms with E-state index in [1.807, 2.05) is 50.3 Å². The fourth-order valence-corrected chi connectivity index (χ4v) is 3.09. The molecule has 0 aliphatic carbocycles. The van der Waals surface area contributed by atoms with Gasteiger partial charge in [0.2, 0.25) is 0 Å². The molecule has 0 radical (unpaired) electrons. The molecular formula is C15H13BrOS. The highest BCUT2D eigenvalue weighted by Crippen LogP contribution is 2.21. The zero-order chi connectivity index (χ0) is 13.1. The molecule has 0 atom stereocenters. The molecule has 0 bridgehead atoms. The van der Waals surface area contributed by atoms with Crippen LogP contribution >= 0.6 is 27.3 Å². The molecule has 0 saturated carbocycles. The van der Waals surface area contributed by atoms with Gasteiger partial charge in [0.1, 0.15) is 0 Å². The molecule has 0 fully saturated rings. The van der Waals surface area contributed by atoms with Crippen molar-refractivity contribution in [3.8, 4) is 0 Å². The van der Waals surface area contributed by atoms with Crippen LogP contribution in [0.5, 0.6) is 0 Å². The van der Waals surface area contributed by atoms with Crippen LogP contribution in [0.4, 0.5) is 0 Å². The monoisotopic (exact) mass is 320 g/mol. The lowest BCUT2D eigenvalue weighted by Crippen LogP contribution is -1.93. The molecule has 3 heteroatoms. The second-order valence-electron chi connectivity index (χ2n) is 4.08. The Morgan fingerprint density at radius 2 is 2.06 bits per heavy atom. The second kappa shape index (κ2) is 5.63. The van der Waals surface area contributed by atoms with Crippen LogP contribution in [-0.2, 0) is 0 Å². The van der Waals surface area contributed by atoms with Gasteiger partial charge in [-0.3, -0.25) is 4.79 Å². The molecular weight excluding hydrogens is 308 g/mol. The van der Waals surface area contributed by atoms with Crippen molar-refractivity contribution in [3.05, 3.63) is 61.8 Å². The SMILES string of the molecule is Cc1cc(C(=O)/C=C/c2cccc(Br)c2)c(C)s1. The van der Waals surface area contributed by atoms with Gasteiger partial charge in [0, 0.05) is 19.8 Å². The predicted octanol–water partition coefficient (Wildman–Crippen LogP) is 5.02. The summed E-state index contributed by atoms with van der Waals surface area (Å²) in [6.07, 6.45) is 3.48. The van der Waals surface area contributed by atoms with Gasteiger partial charge in [-0.2, -0.15) is 0 Å². The van der Waals surface area contributed by atoms with Gasteiger partial charge in [-0.15, -0.1) is 11.3 Å². The molecule has 0 spiro atoms. The smallest absolute Gasteiger partial charge is 0.186 e. The fraction of sp³-hybridized carbons (Fsp3) is 0.133. The maximum atomic E-state index is 12.0. The van der Waals surface area contributed by atoms with Gasteiger partial charge in [0.15, 0.2) is 5.78 Å². The third-order valence-electron chi connectivity index (χ3n) is 2.58. The number of benzene rings is 1. The van der Waals surface area contributed by atoms with Crippen molar-refractivity contribution >= 4 is 39.1 Å². The zero-order valence-electron chi connectivity index (χ0n) is 10.2. The molecule has 1 nitrogen and oxygen atoms in total. The van der Waals surface area contributed by atoms with Crippen LogP contribution in [0.2, 0.25) is 0 Å². The third-order valence-corrected chi connectivity index (χ3v) is 4.04. The van der Waals surface area contributed by atoms with E-state index in [0.717, 1.165) is 20.5 Å². The van der Waals surface area contributed by atoms with Gasteiger partial charge >= 0.3 is 0 Å². The normalized spacial score (nSPS) is 11.1. The van der Waals surface area contributed by atoms with Crippen LogP contribution in [0.25, 0.3) is 6.08 Å². The van der Waals surface area contributed by atoms with Gasteiger partial charge < -0.3 is 0 Å². The van der Waals surface area contributed by atoms with E-state index in [-0.39, 0.29) is 5.78 Å². The summed E-state index contributed by atoms with van der Waals surface area (Å²) in [6.45, 7) is 4.00. The Kier molecular flexibility index (Phi) is 4.15. The number of thiophene rings is 1. The molecule has 2 rings (SSSR count). The average Bonchev–Trinajstić information content (AvgIpc) is 2.66. The Hall–Kier alpha value is -1.19. The summed E-state index contributed by atoms with van der Waals surface area (Å²) < 4.78 is 1.01. The molecule has 0 unspecified atom stereocenters. The molecule has 0 saturated heterocycles. The van der Waals surface area contributed by atoms with Crippen LogP contribution in [0, 0.1) is 13.8 Å². The standard InChI is InChI=1S/C15H13BrOS/c1-10-8-14(11(2)18-10)15(17)7-6-12-4-3-5-13(16)9-12/h3-9H,1-2H3/b7-6+. The maximum absolute atomic E-state index is 12.0. The number of hydrogen-bond acceptors (Lipinski definition) is 2. The lowest BCUT2D eigenvalue weighted by molar-refractivity contribution is 0.104. The Bertz CT molecular complexity index is 611. The first-order valence-electron chi connectivity index (χ1n) is 5.61. The zero-order valence-corrected chi connectivity index (χ0v) is 12.6. The molecule has 0 amide bonds. The summed E-state index contributed by atoms with van der Waals surface area (Å²) in [5, 5.41) is 0. The van der Waals surface area contributed by atoms with Crippen molar-refractivity contribution in [2.24, 2.45) is 0 Å². The van der Waals surface area contributed by atoms with E-state index in [0.29, 0.717) is 0 Å². The quantitative estimate of drug-likeness (QED) is 0.573. The number of halogens is 1. The Labute approximate surface area is 119 Å². The summed E-state index contributed by atoms with van der Waals surface area (Å²) >= 11 is 5.07. The minimum absolute atomic E-state index is 0.0665. The summed E-state index contributed by atoms with van der Waals surface area (Å²) in [6, 6.07) is 9.82. The number of carbonyl (C=O) groups is 1. The largest absolute Gasteiger partial charge is 0.289 e. The number of hydrogen-bond donors (Lipinski definition) is 0. The molecule has 1 aromatic heterocycles. The van der Waals surface area contributed by atoms with Crippen molar-refractivity contribution in [3.63, 3.8) is 0 Å². The molecule has 18 heavy (non-hydrogen) atoms. The van der Waals surface area contributed by atoms with E-state index in [1.165, 1.54) is 4.88 Å². The second-order valence-corrected chi connectivity index (χ2v) is 6.46. The third kappa shape index (κ3) is 3.18. The minimum atomic E-state index is 0.0665. The van der Waals surface area contributed by atoms with Crippen LogP contribution in [0.15, 0.2) is 40.9 Å². The van der Waals surface area contributed by atoms with E-state index in [9.17, 15) is 4.79 Å². The first-order chi connectivity index (χ1) is 8.56. The summed E-state index contributed by atoms with van der Waals surface area (Å²) in [5.41, 5.74) is 1.83. The van der Waals surface area contributed by atoms with Crippen molar-refractivity contribution in [1.29, 1.82) is 0 Å². The number of rotatable bonds is 3. The molecule has 0 N–H and O–H groups in total. The summed E-state index contributed by atoms with van der Waals surface area (Å²) in [5.74, 6) is 0.0665. The van der Waals surface area contributed by atoms with E-state index in [1.54, 1.807) is 17.4 Å². The fourth-order valence-electron chi connectivity index (χ4n) is 1.75. The molecule has 0 aliphatic rings. The van der Waals surface area contributed by atoms with E-state index >= 15 is 0 Å². The Morgan fingerprint density at radius 3 is 2.67 bits per heavy atom. The number of carbonyl (C=O) groups excluding carboxylic acids is 1. The highest BCUT2D eigenvalue weighted by molar-refractivity contribution is 9.10. The lowest BCUT2D eigenvalue weighted by Gasteiger charge is -1.95. The van der Waals surface area contributed by atoms with E-state index in [2.05, 4.69) is 15.9 Å². The first kappa shape index (κ1) is 13.2. The predicted molar refractivity (Wildman–Crippen MR) is 81.3 cm³/mol. The highest BCUT2D eigenvalue weighted by atomic mass is 79.9. The minimum Gasteiger partial charge on any atom is -0.289 e. The first-order valence-corrected chi connectivity index (χ1v) is 7.22. The van der Waals surface area contributed by atoms with Crippen LogP contribution < -0.4 is 0 Å². The molecule has 92 valence electrons. The molecule has 1 aromatic carbocycles. The van der Waals surface area contributed by atoms with Gasteiger partial charge in [-0.05, 0) is 43.7 Å². The van der Waals surface area contributed by atoms with Crippen LogP contribution in [-0.4, -0.2) is 5.78 Å². The summed E-state index contributed by atoms with van der Waals surface area (Å²) in [4.78, 5) is 14.3. The van der Waals surface area contributed by atoms with Crippen molar-refractivity contribution in [1.82, 2.24) is 0 Å². The average molecular weight is 321 g/mol. The van der Waals surface area contributed by atoms with Crippen molar-refractivity contribution < 1.29 is 4.79 Å². The summed E-state index contributed by atoms with van der Waals surface area (Å²) in [7, 11) is 0.